The highest BCUT2D eigenvalue weighted by molar-refractivity contribution is 6.31. The van der Waals surface area contributed by atoms with Gasteiger partial charge in [-0.2, -0.15) is 0 Å². The molecule has 0 saturated carbocycles. The van der Waals surface area contributed by atoms with E-state index in [2.05, 4.69) is 22.4 Å². The van der Waals surface area contributed by atoms with Gasteiger partial charge in [0.15, 0.2) is 0 Å². The topological polar surface area (TPSA) is 32.3 Å². The van der Waals surface area contributed by atoms with E-state index in [0.29, 0.717) is 16.5 Å². The van der Waals surface area contributed by atoms with Crippen molar-refractivity contribution in [2.75, 3.05) is 11.9 Å². The summed E-state index contributed by atoms with van der Waals surface area (Å²) in [4.78, 5) is 14.4. The van der Waals surface area contributed by atoms with Crippen molar-refractivity contribution in [2.45, 2.75) is 25.4 Å². The Morgan fingerprint density at radius 1 is 1.37 bits per heavy atom. The van der Waals surface area contributed by atoms with Crippen molar-refractivity contribution in [1.29, 1.82) is 0 Å². The lowest BCUT2D eigenvalue weighted by atomic mass is 9.89. The largest absolute Gasteiger partial charge is 0.353 e. The summed E-state index contributed by atoms with van der Waals surface area (Å²) in [6.07, 6.45) is 7.75. The second kappa shape index (κ2) is 4.89. The van der Waals surface area contributed by atoms with E-state index in [4.69, 9.17) is 11.6 Å². The molecule has 1 heterocycles. The first-order valence-electron chi connectivity index (χ1n) is 6.65. The first-order chi connectivity index (χ1) is 9.16. The van der Waals surface area contributed by atoms with Gasteiger partial charge in [0.1, 0.15) is 6.17 Å². The average molecular weight is 277 g/mol. The number of allylic oxidation sites excluding steroid dienone is 2. The minimum absolute atomic E-state index is 0.0184. The second-order valence-corrected chi connectivity index (χ2v) is 5.67. The van der Waals surface area contributed by atoms with Crippen LogP contribution in [0.15, 0.2) is 30.4 Å². The molecule has 3 nitrogen and oxygen atoms in total. The molecule has 4 heteroatoms. The Morgan fingerprint density at radius 3 is 2.95 bits per heavy atom. The monoisotopic (exact) mass is 276 g/mol. The van der Waals surface area contributed by atoms with E-state index in [-0.39, 0.29) is 12.1 Å². The minimum atomic E-state index is -0.0184. The molecule has 1 aromatic rings. The van der Waals surface area contributed by atoms with E-state index < -0.39 is 0 Å². The van der Waals surface area contributed by atoms with Gasteiger partial charge in [0, 0.05) is 18.0 Å². The number of amides is 1. The highest BCUT2D eigenvalue weighted by Gasteiger charge is 2.33. The Morgan fingerprint density at radius 2 is 2.21 bits per heavy atom. The molecule has 1 aromatic carbocycles. The van der Waals surface area contributed by atoms with Crippen LogP contribution in [-0.4, -0.2) is 19.1 Å². The van der Waals surface area contributed by atoms with Crippen molar-refractivity contribution in [1.82, 2.24) is 5.32 Å². The lowest BCUT2D eigenvalue weighted by Crippen LogP contribution is -2.55. The maximum atomic E-state index is 12.2. The third-order valence-corrected chi connectivity index (χ3v) is 4.27. The number of nitrogens with zero attached hydrogens (tertiary/aromatic N) is 1. The van der Waals surface area contributed by atoms with Crippen LogP contribution in [0.3, 0.4) is 0 Å². The summed E-state index contributed by atoms with van der Waals surface area (Å²) < 4.78 is 0. The van der Waals surface area contributed by atoms with E-state index in [1.165, 1.54) is 0 Å². The molecule has 1 aliphatic carbocycles. The Kier molecular flexibility index (Phi) is 3.23. The van der Waals surface area contributed by atoms with Crippen LogP contribution in [0, 0.1) is 5.92 Å². The fraction of sp³-hybridized carbons (Fsp3) is 0.400. The summed E-state index contributed by atoms with van der Waals surface area (Å²) in [5.41, 5.74) is 1.63. The van der Waals surface area contributed by atoms with Crippen molar-refractivity contribution in [3.8, 4) is 0 Å². The third-order valence-electron chi connectivity index (χ3n) is 4.04. The molecule has 0 aromatic heterocycles. The minimum Gasteiger partial charge on any atom is -0.353 e. The molecule has 0 saturated heterocycles. The Hall–Kier alpha value is -1.48. The first kappa shape index (κ1) is 12.5. The maximum Gasteiger partial charge on any atom is 0.255 e. The molecule has 0 bridgehead atoms. The lowest BCUT2D eigenvalue weighted by molar-refractivity contribution is 0.0908. The number of rotatable bonds is 1. The van der Waals surface area contributed by atoms with Gasteiger partial charge in [-0.1, -0.05) is 23.8 Å². The molecule has 0 unspecified atom stereocenters. The molecular weight excluding hydrogens is 260 g/mol. The van der Waals surface area contributed by atoms with Gasteiger partial charge in [0.2, 0.25) is 0 Å². The molecule has 2 atom stereocenters. The summed E-state index contributed by atoms with van der Waals surface area (Å²) in [7, 11) is 2.04. The van der Waals surface area contributed by atoms with Crippen LogP contribution in [0.5, 0.6) is 0 Å². The number of anilines is 1. The number of nitrogens with one attached hydrogen (secondary N) is 1. The predicted molar refractivity (Wildman–Crippen MR) is 77.6 cm³/mol. The molecule has 19 heavy (non-hydrogen) atoms. The number of halogens is 1. The molecular formula is C15H17ClN2O. The van der Waals surface area contributed by atoms with Crippen molar-refractivity contribution in [2.24, 2.45) is 5.92 Å². The zero-order valence-electron chi connectivity index (χ0n) is 10.9. The Labute approximate surface area is 118 Å². The molecule has 100 valence electrons. The molecule has 1 amide bonds. The number of hydrogen-bond acceptors (Lipinski definition) is 2. The number of benzene rings is 1. The molecule has 0 radical (unpaired) electrons. The first-order valence-corrected chi connectivity index (χ1v) is 7.03. The van der Waals surface area contributed by atoms with Crippen LogP contribution < -0.4 is 10.2 Å². The quantitative estimate of drug-likeness (QED) is 0.799. The molecule has 2 aliphatic rings. The van der Waals surface area contributed by atoms with Crippen LogP contribution in [0.1, 0.15) is 29.6 Å². The third kappa shape index (κ3) is 2.23. The second-order valence-electron chi connectivity index (χ2n) is 5.24. The van der Waals surface area contributed by atoms with Gasteiger partial charge in [0.05, 0.1) is 11.3 Å². The summed E-state index contributed by atoms with van der Waals surface area (Å²) in [5.74, 6) is 0.456. The molecule has 1 aliphatic heterocycles. The molecule has 1 N–H and O–H groups in total. The van der Waals surface area contributed by atoms with Crippen molar-refractivity contribution in [3.05, 3.63) is 40.9 Å². The normalized spacial score (nSPS) is 26.0. The van der Waals surface area contributed by atoms with E-state index in [0.717, 1.165) is 24.9 Å². The fourth-order valence-corrected chi connectivity index (χ4v) is 3.17. The number of fused-ring (bicyclic) bond motifs is 1. The number of carbonyl (C=O) groups excluding carboxylic acids is 1. The molecule has 3 rings (SSSR count). The van der Waals surface area contributed by atoms with Gasteiger partial charge in [-0.05, 0) is 37.5 Å². The van der Waals surface area contributed by atoms with Crippen LogP contribution >= 0.6 is 11.6 Å². The van der Waals surface area contributed by atoms with Crippen molar-refractivity contribution >= 4 is 23.2 Å². The van der Waals surface area contributed by atoms with Gasteiger partial charge in [-0.15, -0.1) is 0 Å². The van der Waals surface area contributed by atoms with E-state index >= 15 is 0 Å². The molecule has 0 fully saturated rings. The van der Waals surface area contributed by atoms with Crippen molar-refractivity contribution < 1.29 is 4.79 Å². The smallest absolute Gasteiger partial charge is 0.255 e. The summed E-state index contributed by atoms with van der Waals surface area (Å²) >= 11 is 5.97. The highest BCUT2D eigenvalue weighted by Crippen LogP contribution is 2.33. The fourth-order valence-electron chi connectivity index (χ4n) is 2.99. The highest BCUT2D eigenvalue weighted by atomic mass is 35.5. The van der Waals surface area contributed by atoms with Crippen molar-refractivity contribution in [3.63, 3.8) is 0 Å². The maximum absolute atomic E-state index is 12.2. The Balaban J connectivity index is 1.93. The van der Waals surface area contributed by atoms with Gasteiger partial charge in [-0.3, -0.25) is 4.79 Å². The van der Waals surface area contributed by atoms with E-state index in [1.54, 1.807) is 6.07 Å². The van der Waals surface area contributed by atoms with Crippen LogP contribution in [-0.2, 0) is 0 Å². The van der Waals surface area contributed by atoms with Crippen LogP contribution in [0.4, 0.5) is 5.69 Å². The summed E-state index contributed by atoms with van der Waals surface area (Å²) in [6.45, 7) is 0. The van der Waals surface area contributed by atoms with Gasteiger partial charge < -0.3 is 10.2 Å². The van der Waals surface area contributed by atoms with Gasteiger partial charge >= 0.3 is 0 Å². The zero-order valence-corrected chi connectivity index (χ0v) is 11.7. The van der Waals surface area contributed by atoms with Gasteiger partial charge in [0.25, 0.3) is 5.91 Å². The van der Waals surface area contributed by atoms with Crippen LogP contribution in [0.25, 0.3) is 0 Å². The predicted octanol–water partition coefficient (Wildman–Crippen LogP) is 3.20. The number of hydrogen-bond donors (Lipinski definition) is 1. The number of carbonyl (C=O) groups is 1. The summed E-state index contributed by atoms with van der Waals surface area (Å²) in [6, 6.07) is 5.51. The van der Waals surface area contributed by atoms with Crippen LogP contribution in [0.2, 0.25) is 5.02 Å². The van der Waals surface area contributed by atoms with E-state index in [9.17, 15) is 4.79 Å². The zero-order chi connectivity index (χ0) is 13.4. The van der Waals surface area contributed by atoms with E-state index in [1.807, 2.05) is 19.2 Å². The molecule has 0 spiro atoms. The lowest BCUT2D eigenvalue weighted by Gasteiger charge is -2.41. The average Bonchev–Trinajstić information content (AvgIpc) is 2.43. The standard InChI is InChI=1S/C15H17ClN2O/c1-18-13-8-7-11(16)9-12(13)15(19)17-14(18)10-5-3-2-4-6-10/h2-3,7-10,14H,4-6H2,1H3,(H,17,19)/t10-,14+/m1/s1. The Bertz CT molecular complexity index is 541. The SMILES string of the molecule is CN1c2ccc(Cl)cc2C(=O)N[C@@H]1[C@@H]1CC=CCC1. The van der Waals surface area contributed by atoms with Gasteiger partial charge in [-0.25, -0.2) is 0 Å². The summed E-state index contributed by atoms with van der Waals surface area (Å²) in [5, 5.41) is 3.71.